The van der Waals surface area contributed by atoms with Crippen molar-refractivity contribution in [2.24, 2.45) is 0 Å². The second-order valence-electron chi connectivity index (χ2n) is 13.5. The number of phenols is 1. The number of benzene rings is 8. The highest BCUT2D eigenvalue weighted by Crippen LogP contribution is 2.27. The van der Waals surface area contributed by atoms with E-state index in [4.69, 9.17) is 65.7 Å². The van der Waals surface area contributed by atoms with Gasteiger partial charge in [0.15, 0.2) is 22.7 Å². The number of nitrogens with zero attached hydrogens (tertiary/aromatic N) is 4. The molecule has 0 amide bonds. The summed E-state index contributed by atoms with van der Waals surface area (Å²) >= 11 is 6.60. The lowest BCUT2D eigenvalue weighted by molar-refractivity contribution is 0.424. The molecule has 0 saturated carbocycles. The molecule has 0 atom stereocenters. The Morgan fingerprint density at radius 2 is 0.565 bits per heavy atom. The van der Waals surface area contributed by atoms with Crippen molar-refractivity contribution in [1.82, 2.24) is 0 Å². The van der Waals surface area contributed by atoms with E-state index in [9.17, 15) is 4.39 Å². The van der Waals surface area contributed by atoms with Gasteiger partial charge in [-0.15, -0.1) is 0 Å². The van der Waals surface area contributed by atoms with E-state index in [0.717, 1.165) is 20.4 Å². The van der Waals surface area contributed by atoms with Crippen molar-refractivity contribution >= 4 is 79.8 Å². The Balaban J connectivity index is 0.000000194. The summed E-state index contributed by atoms with van der Waals surface area (Å²) in [5.41, 5.74) is 3.01. The van der Waals surface area contributed by atoms with Gasteiger partial charge in [0.1, 0.15) is 46.1 Å². The molecule has 0 aromatic heterocycles. The van der Waals surface area contributed by atoms with E-state index in [1.54, 1.807) is 146 Å². The lowest BCUT2D eigenvalue weighted by Gasteiger charge is -2.06. The van der Waals surface area contributed by atoms with Crippen molar-refractivity contribution in [2.75, 3.05) is 0 Å². The molecule has 8 aromatic carbocycles. The fourth-order valence-electron chi connectivity index (χ4n) is 5.05. The van der Waals surface area contributed by atoms with Crippen molar-refractivity contribution in [3.05, 3.63) is 255 Å². The molecule has 12 nitrogen and oxygen atoms in total. The van der Waals surface area contributed by atoms with Crippen LogP contribution in [0.1, 0.15) is 0 Å². The first-order chi connectivity index (χ1) is 33.3. The van der Waals surface area contributed by atoms with Gasteiger partial charge in [-0.25, -0.2) is 23.8 Å². The quantitative estimate of drug-likeness (QED) is 0.0747. The predicted molar refractivity (Wildman–Crippen MR) is 273 cm³/mol. The summed E-state index contributed by atoms with van der Waals surface area (Å²) in [6, 6.07) is 53.4. The summed E-state index contributed by atoms with van der Waals surface area (Å²) in [5, 5.41) is 44.5. The minimum atomic E-state index is -1.48. The van der Waals surface area contributed by atoms with Gasteiger partial charge in [-0.3, -0.25) is 0 Å². The van der Waals surface area contributed by atoms with Gasteiger partial charge in [0.2, 0.25) is 0 Å². The molecule has 0 fully saturated rings. The lowest BCUT2D eigenvalue weighted by atomic mass is 9.80. The van der Waals surface area contributed by atoms with Crippen LogP contribution >= 0.6 is 31.9 Å². The van der Waals surface area contributed by atoms with Gasteiger partial charge in [-0.05, 0) is 132 Å². The number of ether oxygens (including phenoxy) is 3. The van der Waals surface area contributed by atoms with Gasteiger partial charge in [0, 0.05) is 8.95 Å². The van der Waals surface area contributed by atoms with Gasteiger partial charge >= 0.3 is 14.2 Å². The summed E-state index contributed by atoms with van der Waals surface area (Å²) in [6.45, 7) is 27.0. The topological polar surface area (TPSA) is 146 Å². The first kappa shape index (κ1) is 53.4. The third kappa shape index (κ3) is 20.0. The van der Waals surface area contributed by atoms with Crippen molar-refractivity contribution < 1.29 is 43.8 Å². The SMILES string of the molecule is Oc1ccc(Br)cc1.[C-]#[N+]c1ccc(F)cc1.[C-]#[N+]c1ccc(Oc2ccc(B(O)O)cc2)cc1.[C-]#[N+]c1ccc(Oc2ccc(B(O)O)cc2)cc1.[C-]#[N+]c1ccc(Oc2ccc(Br)cc2)cc1. The van der Waals surface area contributed by atoms with Gasteiger partial charge < -0.3 is 39.4 Å². The second-order valence-corrected chi connectivity index (χ2v) is 15.4. The second kappa shape index (κ2) is 28.7. The van der Waals surface area contributed by atoms with Crippen LogP contribution in [0.2, 0.25) is 0 Å². The van der Waals surface area contributed by atoms with Crippen LogP contribution in [0.4, 0.5) is 27.1 Å². The van der Waals surface area contributed by atoms with Crippen LogP contribution in [0.15, 0.2) is 203 Å². The third-order valence-electron chi connectivity index (χ3n) is 8.56. The zero-order valence-electron chi connectivity index (χ0n) is 36.0. The van der Waals surface area contributed by atoms with E-state index in [0.29, 0.717) is 62.4 Å². The Labute approximate surface area is 416 Å². The maximum atomic E-state index is 12.1. The number of hydrogen-bond acceptors (Lipinski definition) is 8. The molecule has 0 unspecified atom stereocenters. The molecule has 0 aliphatic rings. The van der Waals surface area contributed by atoms with Crippen molar-refractivity contribution in [3.63, 3.8) is 0 Å². The molecular weight excluding hydrogens is 1010 g/mol. The smallest absolute Gasteiger partial charge is 0.488 e. The molecule has 0 radical (unpaired) electrons. The molecule has 0 aliphatic heterocycles. The minimum absolute atomic E-state index is 0.299. The van der Waals surface area contributed by atoms with Gasteiger partial charge in [0.05, 0.1) is 26.3 Å². The summed E-state index contributed by atoms with van der Waals surface area (Å²) in [7, 11) is -2.95. The molecule has 0 bridgehead atoms. The van der Waals surface area contributed by atoms with E-state index in [1.807, 2.05) is 24.3 Å². The van der Waals surface area contributed by atoms with Crippen LogP contribution in [0.5, 0.6) is 40.2 Å². The zero-order chi connectivity index (χ0) is 50.0. The first-order valence-electron chi connectivity index (χ1n) is 20.0. The molecule has 0 spiro atoms. The monoisotopic (exact) mass is 1040 g/mol. The Bertz CT molecular complexity index is 2840. The Kier molecular flexibility index (Phi) is 22.2. The van der Waals surface area contributed by atoms with Crippen LogP contribution in [0.3, 0.4) is 0 Å². The van der Waals surface area contributed by atoms with E-state index < -0.39 is 14.2 Å². The van der Waals surface area contributed by atoms with Gasteiger partial charge in [-0.1, -0.05) is 105 Å². The molecule has 340 valence electrons. The van der Waals surface area contributed by atoms with E-state index >= 15 is 0 Å². The highest BCUT2D eigenvalue weighted by molar-refractivity contribution is 9.10. The molecule has 17 heteroatoms. The maximum Gasteiger partial charge on any atom is 0.488 e. The normalized spacial score (nSPS) is 9.38. The maximum absolute atomic E-state index is 12.1. The predicted octanol–water partition coefficient (Wildman–Crippen LogP) is 12.7. The molecule has 5 N–H and O–H groups in total. The van der Waals surface area contributed by atoms with Crippen LogP contribution < -0.4 is 25.1 Å². The fourth-order valence-corrected chi connectivity index (χ4v) is 5.58. The highest BCUT2D eigenvalue weighted by Gasteiger charge is 2.11. The van der Waals surface area contributed by atoms with Gasteiger partial charge in [-0.2, -0.15) is 0 Å². The fraction of sp³-hybridized carbons (Fsp3) is 0. The standard InChI is InChI=1S/2C13H10BNO3.C13H8BrNO.C7H4FN.C6H5BrO/c2*1-15-11-4-8-13(9-5-11)18-12-6-2-10(3-7-12)14(16)17;1-15-11-4-8-13(9-5-11)16-12-6-2-10(14)3-7-12;1-9-7-4-2-6(8)3-5-7;7-5-1-3-6(8)4-2-5/h2*2-9,16-17H;2-9H;2-5H;1-4,8H. The molecule has 8 aromatic rings. The van der Waals surface area contributed by atoms with Gasteiger partial charge in [0.25, 0.3) is 0 Å². The summed E-state index contributed by atoms with van der Waals surface area (Å²) in [6.07, 6.45) is 0. The number of phenolic OH excluding ortho intramolecular Hbond substituents is 1. The Hall–Kier alpha value is -8.22. The summed E-state index contributed by atoms with van der Waals surface area (Å²) < 4.78 is 30.8. The average Bonchev–Trinajstić information content (AvgIpc) is 3.37. The van der Waals surface area contributed by atoms with Crippen LogP contribution in [0, 0.1) is 32.1 Å². The zero-order valence-corrected chi connectivity index (χ0v) is 39.2. The van der Waals surface area contributed by atoms with E-state index in [1.165, 1.54) is 24.3 Å². The van der Waals surface area contributed by atoms with Crippen LogP contribution in [-0.2, 0) is 0 Å². The summed E-state index contributed by atoms with van der Waals surface area (Å²) in [5.74, 6) is 3.94. The van der Waals surface area contributed by atoms with E-state index in [-0.39, 0.29) is 5.82 Å². The molecule has 69 heavy (non-hydrogen) atoms. The average molecular weight is 1050 g/mol. The van der Waals surface area contributed by atoms with Crippen molar-refractivity contribution in [2.45, 2.75) is 0 Å². The number of rotatable bonds is 8. The molecule has 0 saturated heterocycles. The first-order valence-corrected chi connectivity index (χ1v) is 21.6. The summed E-state index contributed by atoms with van der Waals surface area (Å²) in [4.78, 5) is 13.0. The van der Waals surface area contributed by atoms with E-state index in [2.05, 4.69) is 51.2 Å². The molecule has 0 aliphatic carbocycles. The lowest BCUT2D eigenvalue weighted by Crippen LogP contribution is -2.29. The van der Waals surface area contributed by atoms with Crippen LogP contribution in [-0.4, -0.2) is 39.4 Å². The minimum Gasteiger partial charge on any atom is -0.508 e. The third-order valence-corrected chi connectivity index (χ3v) is 9.61. The molecule has 8 rings (SSSR count). The largest absolute Gasteiger partial charge is 0.508 e. The van der Waals surface area contributed by atoms with Crippen LogP contribution in [0.25, 0.3) is 19.4 Å². The molecular formula is C52H37B2Br2FN4O8. The highest BCUT2D eigenvalue weighted by atomic mass is 79.9. The number of halogens is 3. The number of aromatic hydroxyl groups is 1. The molecule has 0 heterocycles. The Morgan fingerprint density at radius 1 is 0.348 bits per heavy atom. The number of hydrogen-bond donors (Lipinski definition) is 5. The van der Waals surface area contributed by atoms with Crippen molar-refractivity contribution in [1.29, 1.82) is 0 Å². The van der Waals surface area contributed by atoms with Crippen molar-refractivity contribution in [3.8, 4) is 40.2 Å². The Morgan fingerprint density at radius 3 is 0.797 bits per heavy atom.